The van der Waals surface area contributed by atoms with Gasteiger partial charge in [0.2, 0.25) is 15.9 Å². The zero-order chi connectivity index (χ0) is 24.2. The number of hydrogen-bond acceptors (Lipinski definition) is 4. The molecule has 1 amide bonds. The van der Waals surface area contributed by atoms with Gasteiger partial charge in [0.1, 0.15) is 17.5 Å². The minimum Gasteiger partial charge on any atom is -0.457 e. The van der Waals surface area contributed by atoms with Crippen molar-refractivity contribution in [1.82, 2.24) is 0 Å². The number of sulfonamides is 1. The van der Waals surface area contributed by atoms with Gasteiger partial charge in [0.15, 0.2) is 0 Å². The minimum atomic E-state index is -3.73. The summed E-state index contributed by atoms with van der Waals surface area (Å²) in [5.41, 5.74) is 3.04. The number of para-hydroxylation sites is 2. The van der Waals surface area contributed by atoms with Crippen LogP contribution in [0.2, 0.25) is 0 Å². The van der Waals surface area contributed by atoms with E-state index in [4.69, 9.17) is 4.74 Å². The summed E-state index contributed by atoms with van der Waals surface area (Å²) < 4.78 is 32.2. The van der Waals surface area contributed by atoms with Crippen LogP contribution in [0.4, 0.5) is 11.4 Å². The van der Waals surface area contributed by atoms with Crippen molar-refractivity contribution in [1.29, 1.82) is 0 Å². The first-order valence-electron chi connectivity index (χ1n) is 10.8. The molecule has 0 bridgehead atoms. The number of anilines is 2. The molecule has 0 saturated heterocycles. The van der Waals surface area contributed by atoms with Crippen LogP contribution in [-0.4, -0.2) is 26.6 Å². The number of carbonyl (C=O) groups excluding carboxylic acids is 1. The molecule has 3 rings (SSSR count). The molecule has 0 unspecified atom stereocenters. The van der Waals surface area contributed by atoms with Crippen molar-refractivity contribution in [2.45, 2.75) is 39.7 Å². The van der Waals surface area contributed by atoms with Gasteiger partial charge in [0.25, 0.3) is 0 Å². The van der Waals surface area contributed by atoms with Crippen LogP contribution in [0.1, 0.15) is 37.8 Å². The Kier molecular flexibility index (Phi) is 7.43. The number of carbonyl (C=O) groups is 1. The Morgan fingerprint density at radius 2 is 1.48 bits per heavy atom. The van der Waals surface area contributed by atoms with Gasteiger partial charge in [-0.3, -0.25) is 9.10 Å². The quantitative estimate of drug-likeness (QED) is 0.462. The molecule has 3 aromatic rings. The molecule has 0 saturated carbocycles. The van der Waals surface area contributed by atoms with Crippen molar-refractivity contribution in [2.24, 2.45) is 0 Å². The predicted molar refractivity (Wildman–Crippen MR) is 134 cm³/mol. The van der Waals surface area contributed by atoms with E-state index in [1.165, 1.54) is 0 Å². The lowest BCUT2D eigenvalue weighted by atomic mass is 9.98. The fourth-order valence-electron chi connectivity index (χ4n) is 3.66. The van der Waals surface area contributed by atoms with E-state index in [2.05, 4.69) is 19.2 Å². The van der Waals surface area contributed by atoms with E-state index < -0.39 is 22.0 Å². The van der Waals surface area contributed by atoms with Gasteiger partial charge in [-0.2, -0.15) is 0 Å². The smallest absolute Gasteiger partial charge is 0.248 e. The van der Waals surface area contributed by atoms with Crippen LogP contribution in [0.5, 0.6) is 11.5 Å². The number of benzene rings is 3. The molecule has 1 N–H and O–H groups in total. The zero-order valence-corrected chi connectivity index (χ0v) is 20.4. The van der Waals surface area contributed by atoms with Crippen LogP contribution in [0.25, 0.3) is 0 Å². The van der Waals surface area contributed by atoms with E-state index >= 15 is 0 Å². The predicted octanol–water partition coefficient (Wildman–Crippen LogP) is 5.70. The maximum atomic E-state index is 13.2. The SMILES string of the molecule is Cc1cccc(C(C)C)c1NC(=O)[C@@H](C)N(c1ccc(Oc2ccccc2)cc1)S(C)(=O)=O. The largest absolute Gasteiger partial charge is 0.457 e. The molecule has 0 aliphatic rings. The lowest BCUT2D eigenvalue weighted by Crippen LogP contribution is -2.45. The van der Waals surface area contributed by atoms with Gasteiger partial charge in [-0.25, -0.2) is 8.42 Å². The normalized spacial score (nSPS) is 12.3. The van der Waals surface area contributed by atoms with Gasteiger partial charge >= 0.3 is 0 Å². The highest BCUT2D eigenvalue weighted by Crippen LogP contribution is 2.30. The molecule has 3 aromatic carbocycles. The summed E-state index contributed by atoms with van der Waals surface area (Å²) in [5, 5.41) is 2.96. The maximum absolute atomic E-state index is 13.2. The fourth-order valence-corrected chi connectivity index (χ4v) is 4.84. The molecule has 0 aliphatic heterocycles. The Morgan fingerprint density at radius 3 is 2.06 bits per heavy atom. The third-order valence-electron chi connectivity index (χ3n) is 5.33. The standard InChI is InChI=1S/C26H30N2O4S/c1-18(2)24-13-9-10-19(3)25(24)27-26(29)20(4)28(33(5,30)31)21-14-16-23(17-15-21)32-22-11-7-6-8-12-22/h6-18,20H,1-5H3,(H,27,29)/t20-/m1/s1. The molecule has 7 heteroatoms. The van der Waals surface area contributed by atoms with Crippen molar-refractivity contribution >= 4 is 27.3 Å². The lowest BCUT2D eigenvalue weighted by Gasteiger charge is -2.29. The summed E-state index contributed by atoms with van der Waals surface area (Å²) >= 11 is 0. The number of aryl methyl sites for hydroxylation is 1. The van der Waals surface area contributed by atoms with Crippen molar-refractivity contribution in [3.63, 3.8) is 0 Å². The van der Waals surface area contributed by atoms with E-state index in [1.54, 1.807) is 31.2 Å². The Balaban J connectivity index is 1.85. The summed E-state index contributed by atoms with van der Waals surface area (Å²) in [4.78, 5) is 13.2. The molecule has 0 spiro atoms. The second-order valence-electron chi connectivity index (χ2n) is 8.33. The zero-order valence-electron chi connectivity index (χ0n) is 19.6. The molecule has 33 heavy (non-hydrogen) atoms. The van der Waals surface area contributed by atoms with Crippen molar-refractivity contribution in [3.8, 4) is 11.5 Å². The van der Waals surface area contributed by atoms with Gasteiger partial charge in [0.05, 0.1) is 11.9 Å². The molecular formula is C26H30N2O4S. The van der Waals surface area contributed by atoms with Crippen LogP contribution in [-0.2, 0) is 14.8 Å². The van der Waals surface area contributed by atoms with Gasteiger partial charge in [-0.15, -0.1) is 0 Å². The first-order chi connectivity index (χ1) is 15.6. The van der Waals surface area contributed by atoms with Crippen LogP contribution in [0.3, 0.4) is 0 Å². The Labute approximate surface area is 196 Å². The van der Waals surface area contributed by atoms with E-state index in [1.807, 2.05) is 55.5 Å². The number of hydrogen-bond donors (Lipinski definition) is 1. The number of rotatable bonds is 8. The van der Waals surface area contributed by atoms with E-state index in [9.17, 15) is 13.2 Å². The number of nitrogens with one attached hydrogen (secondary N) is 1. The monoisotopic (exact) mass is 466 g/mol. The first-order valence-corrected chi connectivity index (χ1v) is 12.7. The molecule has 174 valence electrons. The van der Waals surface area contributed by atoms with Crippen LogP contribution >= 0.6 is 0 Å². The van der Waals surface area contributed by atoms with Crippen molar-refractivity contribution < 1.29 is 17.9 Å². The lowest BCUT2D eigenvalue weighted by molar-refractivity contribution is -0.116. The average Bonchev–Trinajstić information content (AvgIpc) is 2.76. The van der Waals surface area contributed by atoms with Gasteiger partial charge in [-0.1, -0.05) is 50.2 Å². The van der Waals surface area contributed by atoms with Crippen molar-refractivity contribution in [2.75, 3.05) is 15.9 Å². The second-order valence-corrected chi connectivity index (χ2v) is 10.2. The van der Waals surface area contributed by atoms with Gasteiger partial charge < -0.3 is 10.1 Å². The molecule has 0 heterocycles. The molecule has 6 nitrogen and oxygen atoms in total. The number of ether oxygens (including phenoxy) is 1. The van der Waals surface area contributed by atoms with Crippen LogP contribution < -0.4 is 14.4 Å². The minimum absolute atomic E-state index is 0.207. The molecule has 0 aromatic heterocycles. The number of amides is 1. The second kappa shape index (κ2) is 10.1. The Morgan fingerprint density at radius 1 is 0.879 bits per heavy atom. The molecule has 0 fully saturated rings. The molecule has 1 atom stereocenters. The summed E-state index contributed by atoms with van der Waals surface area (Å²) in [7, 11) is -3.73. The van der Waals surface area contributed by atoms with Gasteiger partial charge in [0, 0.05) is 5.69 Å². The highest BCUT2D eigenvalue weighted by molar-refractivity contribution is 7.92. The molecular weight excluding hydrogens is 436 g/mol. The van der Waals surface area contributed by atoms with Crippen LogP contribution in [0, 0.1) is 6.92 Å². The van der Waals surface area contributed by atoms with E-state index in [0.29, 0.717) is 17.2 Å². The molecule has 0 aliphatic carbocycles. The maximum Gasteiger partial charge on any atom is 0.248 e. The number of nitrogens with zero attached hydrogens (tertiary/aromatic N) is 1. The van der Waals surface area contributed by atoms with E-state index in [-0.39, 0.29) is 5.92 Å². The fraction of sp³-hybridized carbons (Fsp3) is 0.269. The first kappa shape index (κ1) is 24.3. The summed E-state index contributed by atoms with van der Waals surface area (Å²) in [6.45, 7) is 7.61. The van der Waals surface area contributed by atoms with E-state index in [0.717, 1.165) is 27.4 Å². The topological polar surface area (TPSA) is 75.7 Å². The summed E-state index contributed by atoms with van der Waals surface area (Å²) in [6.07, 6.45) is 1.10. The van der Waals surface area contributed by atoms with Crippen LogP contribution in [0.15, 0.2) is 72.8 Å². The average molecular weight is 467 g/mol. The summed E-state index contributed by atoms with van der Waals surface area (Å²) in [6, 6.07) is 20.8. The van der Waals surface area contributed by atoms with Gasteiger partial charge in [-0.05, 0) is 67.3 Å². The third-order valence-corrected chi connectivity index (χ3v) is 6.58. The Bertz CT molecular complexity index is 1210. The highest BCUT2D eigenvalue weighted by atomic mass is 32.2. The molecule has 0 radical (unpaired) electrons. The highest BCUT2D eigenvalue weighted by Gasteiger charge is 2.30. The Hall–Kier alpha value is -3.32. The third kappa shape index (κ3) is 5.93. The summed E-state index contributed by atoms with van der Waals surface area (Å²) in [5.74, 6) is 1.05. The van der Waals surface area contributed by atoms with Crippen molar-refractivity contribution in [3.05, 3.63) is 83.9 Å².